The third-order valence-corrected chi connectivity index (χ3v) is 5.42. The minimum Gasteiger partial charge on any atom is -0.372 e. The molecule has 0 unspecified atom stereocenters. The van der Waals surface area contributed by atoms with E-state index in [-0.39, 0.29) is 23.8 Å². The van der Waals surface area contributed by atoms with Gasteiger partial charge in [-0.3, -0.25) is 9.59 Å². The molecule has 0 aromatic heterocycles. The Bertz CT molecular complexity index is 658. The molecule has 6 heteroatoms. The summed E-state index contributed by atoms with van der Waals surface area (Å²) >= 11 is 0. The van der Waals surface area contributed by atoms with Gasteiger partial charge in [-0.15, -0.1) is 0 Å². The molecule has 0 spiro atoms. The third kappa shape index (κ3) is 5.45. The third-order valence-electron chi connectivity index (χ3n) is 5.42. The average Bonchev–Trinajstić information content (AvgIpc) is 2.68. The molecule has 0 bridgehead atoms. The first kappa shape index (κ1) is 21.2. The fourth-order valence-corrected chi connectivity index (χ4v) is 3.35. The number of amides is 2. The lowest BCUT2D eigenvalue weighted by atomic mass is 9.95. The quantitative estimate of drug-likeness (QED) is 0.621. The van der Waals surface area contributed by atoms with Gasteiger partial charge in [0.25, 0.3) is 5.91 Å². The zero-order valence-electron chi connectivity index (χ0n) is 17.3. The van der Waals surface area contributed by atoms with E-state index in [2.05, 4.69) is 55.5 Å². The van der Waals surface area contributed by atoms with Gasteiger partial charge in [0.1, 0.15) is 6.04 Å². The van der Waals surface area contributed by atoms with E-state index >= 15 is 0 Å². The molecule has 0 aliphatic carbocycles. The predicted molar refractivity (Wildman–Crippen MR) is 111 cm³/mol. The largest absolute Gasteiger partial charge is 0.372 e. The van der Waals surface area contributed by atoms with Crippen molar-refractivity contribution < 1.29 is 9.59 Å². The number of carbonyl (C=O) groups is 2. The second-order valence-electron chi connectivity index (χ2n) is 7.56. The Hall–Kier alpha value is -2.08. The molecule has 3 N–H and O–H groups in total. The van der Waals surface area contributed by atoms with Crippen LogP contribution in [0, 0.1) is 11.8 Å². The summed E-state index contributed by atoms with van der Waals surface area (Å²) in [6, 6.07) is 5.19. The van der Waals surface area contributed by atoms with Crippen molar-refractivity contribution in [1.29, 1.82) is 0 Å². The van der Waals surface area contributed by atoms with E-state index in [1.54, 1.807) is 12.1 Å². The summed E-state index contributed by atoms with van der Waals surface area (Å²) in [5.41, 5.74) is 2.10. The number of carbonyl (C=O) groups excluding carboxylic acids is 2. The highest BCUT2D eigenvalue weighted by Crippen LogP contribution is 2.30. The second-order valence-corrected chi connectivity index (χ2v) is 7.56. The highest BCUT2D eigenvalue weighted by Gasteiger charge is 2.29. The van der Waals surface area contributed by atoms with E-state index in [1.165, 1.54) is 0 Å². The molecule has 0 saturated carbocycles. The van der Waals surface area contributed by atoms with Crippen LogP contribution in [0.5, 0.6) is 0 Å². The number of nitrogens with zero attached hydrogens (tertiary/aromatic N) is 1. The van der Waals surface area contributed by atoms with Crippen molar-refractivity contribution in [1.82, 2.24) is 10.2 Å². The van der Waals surface area contributed by atoms with Gasteiger partial charge in [0.05, 0.1) is 11.4 Å². The second kappa shape index (κ2) is 9.74. The molecule has 1 aromatic carbocycles. The van der Waals surface area contributed by atoms with E-state index in [0.29, 0.717) is 23.7 Å². The van der Waals surface area contributed by atoms with Crippen LogP contribution in [0.1, 0.15) is 51.4 Å². The smallest absolute Gasteiger partial charge is 0.251 e. The molecule has 1 heterocycles. The van der Waals surface area contributed by atoms with Gasteiger partial charge in [-0.2, -0.15) is 0 Å². The number of anilines is 2. The summed E-state index contributed by atoms with van der Waals surface area (Å²) in [5, 5.41) is 9.25. The molecule has 1 aromatic rings. The number of hydrogen-bond acceptors (Lipinski definition) is 4. The summed E-state index contributed by atoms with van der Waals surface area (Å²) in [7, 11) is 0. The van der Waals surface area contributed by atoms with Crippen molar-refractivity contribution in [3.05, 3.63) is 23.8 Å². The Kier molecular flexibility index (Phi) is 7.66. The van der Waals surface area contributed by atoms with Crippen LogP contribution in [0.3, 0.4) is 0 Å². The number of nitrogens with one attached hydrogen (secondary N) is 3. The van der Waals surface area contributed by atoms with Crippen molar-refractivity contribution in [2.24, 2.45) is 11.8 Å². The Balaban J connectivity index is 1.97. The van der Waals surface area contributed by atoms with E-state index in [1.807, 2.05) is 6.07 Å². The molecule has 0 fully saturated rings. The molecule has 0 saturated heterocycles. The number of benzene rings is 1. The first-order valence-corrected chi connectivity index (χ1v) is 10.1. The van der Waals surface area contributed by atoms with Crippen LogP contribution in [-0.4, -0.2) is 48.9 Å². The minimum absolute atomic E-state index is 0.0396. The van der Waals surface area contributed by atoms with Gasteiger partial charge in [0.2, 0.25) is 5.91 Å². The summed E-state index contributed by atoms with van der Waals surface area (Å²) in [6.45, 7) is 14.2. The number of fused-ring (bicyclic) bond motifs is 1. The monoisotopic (exact) mass is 374 g/mol. The van der Waals surface area contributed by atoms with Crippen LogP contribution in [0.2, 0.25) is 0 Å². The van der Waals surface area contributed by atoms with Crippen LogP contribution >= 0.6 is 0 Å². The Morgan fingerprint density at radius 2 is 1.89 bits per heavy atom. The van der Waals surface area contributed by atoms with Gasteiger partial charge in [0.15, 0.2) is 0 Å². The molecular formula is C21H34N4O2. The summed E-state index contributed by atoms with van der Waals surface area (Å²) < 4.78 is 0. The van der Waals surface area contributed by atoms with Crippen LogP contribution in [-0.2, 0) is 4.79 Å². The summed E-state index contributed by atoms with van der Waals surface area (Å²) in [4.78, 5) is 27.2. The lowest BCUT2D eigenvalue weighted by Crippen LogP contribution is -2.43. The van der Waals surface area contributed by atoms with Gasteiger partial charge in [-0.25, -0.2) is 0 Å². The molecule has 0 radical (unpaired) electrons. The van der Waals surface area contributed by atoms with E-state index in [9.17, 15) is 9.59 Å². The standard InChI is InChI=1S/C21H34N4O2/c1-6-15(5)19-21(27)24-18-11-16(9-10-17(18)23-19)20(26)22-12-14(4)13-25(7-2)8-3/h9-11,14-15,19,23H,6-8,12-13H2,1-5H3,(H,22,26)(H,24,27)/t14-,15-,19+/m0/s1. The summed E-state index contributed by atoms with van der Waals surface area (Å²) in [6.07, 6.45) is 0.923. The molecule has 6 nitrogen and oxygen atoms in total. The van der Waals surface area contributed by atoms with E-state index in [0.717, 1.165) is 31.7 Å². The fourth-order valence-electron chi connectivity index (χ4n) is 3.35. The first-order valence-electron chi connectivity index (χ1n) is 10.1. The Morgan fingerprint density at radius 1 is 1.19 bits per heavy atom. The van der Waals surface area contributed by atoms with Crippen LogP contribution in [0.25, 0.3) is 0 Å². The van der Waals surface area contributed by atoms with Gasteiger partial charge in [-0.1, -0.05) is 41.0 Å². The van der Waals surface area contributed by atoms with Crippen LogP contribution in [0.15, 0.2) is 18.2 Å². The highest BCUT2D eigenvalue weighted by molar-refractivity contribution is 6.05. The average molecular weight is 375 g/mol. The SMILES string of the molecule is CC[C@H](C)[C@H]1Nc2ccc(C(=O)NC[C@H](C)CN(CC)CC)cc2NC1=O. The summed E-state index contributed by atoms with van der Waals surface area (Å²) in [5.74, 6) is 0.474. The molecule has 1 aliphatic rings. The van der Waals surface area contributed by atoms with Gasteiger partial charge in [0, 0.05) is 18.7 Å². The molecule has 2 rings (SSSR count). The highest BCUT2D eigenvalue weighted by atomic mass is 16.2. The van der Waals surface area contributed by atoms with Crippen LogP contribution < -0.4 is 16.0 Å². The van der Waals surface area contributed by atoms with Crippen molar-refractivity contribution in [3.8, 4) is 0 Å². The topological polar surface area (TPSA) is 73.5 Å². The number of hydrogen-bond donors (Lipinski definition) is 3. The van der Waals surface area contributed by atoms with E-state index < -0.39 is 0 Å². The zero-order chi connectivity index (χ0) is 20.0. The maximum absolute atomic E-state index is 12.5. The number of rotatable bonds is 9. The zero-order valence-corrected chi connectivity index (χ0v) is 17.3. The Morgan fingerprint density at radius 3 is 2.52 bits per heavy atom. The van der Waals surface area contributed by atoms with Crippen molar-refractivity contribution in [3.63, 3.8) is 0 Å². The molecule has 1 aliphatic heterocycles. The maximum atomic E-state index is 12.5. The molecule has 3 atom stereocenters. The molecule has 27 heavy (non-hydrogen) atoms. The normalized spacial score (nSPS) is 18.3. The maximum Gasteiger partial charge on any atom is 0.251 e. The van der Waals surface area contributed by atoms with Crippen molar-refractivity contribution in [2.75, 3.05) is 36.8 Å². The molecular weight excluding hydrogens is 340 g/mol. The van der Waals surface area contributed by atoms with E-state index in [4.69, 9.17) is 0 Å². The first-order chi connectivity index (χ1) is 12.9. The van der Waals surface area contributed by atoms with Crippen LogP contribution in [0.4, 0.5) is 11.4 Å². The van der Waals surface area contributed by atoms with Crippen molar-refractivity contribution >= 4 is 23.2 Å². The predicted octanol–water partition coefficient (Wildman–Crippen LogP) is 3.17. The molecule has 2 amide bonds. The lowest BCUT2D eigenvalue weighted by Gasteiger charge is -2.30. The van der Waals surface area contributed by atoms with Gasteiger partial charge in [-0.05, 0) is 43.1 Å². The Labute approximate surface area is 163 Å². The molecule has 150 valence electrons. The lowest BCUT2D eigenvalue weighted by molar-refractivity contribution is -0.118. The minimum atomic E-state index is -0.233. The van der Waals surface area contributed by atoms with Gasteiger partial charge >= 0.3 is 0 Å². The van der Waals surface area contributed by atoms with Gasteiger partial charge < -0.3 is 20.9 Å². The fraction of sp³-hybridized carbons (Fsp3) is 0.619. The van der Waals surface area contributed by atoms with Crippen molar-refractivity contribution in [2.45, 2.75) is 47.1 Å².